The van der Waals surface area contributed by atoms with Gasteiger partial charge in [-0.1, -0.05) is 0 Å². The molecule has 0 radical (unpaired) electrons. The zero-order chi connectivity index (χ0) is 12.7. The molecule has 94 valence electrons. The molecule has 0 fully saturated rings. The van der Waals surface area contributed by atoms with Gasteiger partial charge in [0, 0.05) is 6.61 Å². The minimum Gasteiger partial charge on any atom is -0.480 e. The fourth-order valence-electron chi connectivity index (χ4n) is 1.41. The molecule has 0 amide bonds. The first-order valence-electron chi connectivity index (χ1n) is 5.24. The van der Waals surface area contributed by atoms with Gasteiger partial charge in [0.25, 0.3) is 0 Å². The fraction of sp³-hybridized carbons (Fsp3) is 0.800. The van der Waals surface area contributed by atoms with Crippen LogP contribution in [0, 0.1) is 0 Å². The number of aliphatic hydroxyl groups is 1. The molecule has 0 saturated heterocycles. The maximum absolute atomic E-state index is 10.8. The van der Waals surface area contributed by atoms with Gasteiger partial charge in [0.15, 0.2) is 0 Å². The van der Waals surface area contributed by atoms with Crippen molar-refractivity contribution >= 4 is 11.9 Å². The number of carbonyl (C=O) groups is 2. The lowest BCUT2D eigenvalue weighted by Gasteiger charge is -2.29. The summed E-state index contributed by atoms with van der Waals surface area (Å²) in [4.78, 5) is 23.0. The molecule has 2 unspecified atom stereocenters. The molecule has 0 rings (SSSR count). The van der Waals surface area contributed by atoms with Gasteiger partial charge in [0.1, 0.15) is 12.1 Å². The summed E-state index contributed by atoms with van der Waals surface area (Å²) in [5, 5.41) is 26.3. The van der Waals surface area contributed by atoms with Crippen molar-refractivity contribution in [2.75, 3.05) is 13.2 Å². The second kappa shape index (κ2) is 7.19. The first kappa shape index (κ1) is 14.9. The fourth-order valence-corrected chi connectivity index (χ4v) is 1.41. The number of unbranched alkanes of at least 4 members (excludes halogenated alkanes) is 1. The Morgan fingerprint density at radius 2 is 1.50 bits per heavy atom. The Hall–Kier alpha value is -1.14. The smallest absolute Gasteiger partial charge is 0.320 e. The van der Waals surface area contributed by atoms with Crippen LogP contribution in [-0.4, -0.2) is 57.4 Å². The van der Waals surface area contributed by atoms with E-state index in [0.717, 1.165) is 0 Å². The van der Waals surface area contributed by atoms with Crippen molar-refractivity contribution in [2.24, 2.45) is 0 Å². The van der Waals surface area contributed by atoms with Gasteiger partial charge < -0.3 is 15.3 Å². The summed E-state index contributed by atoms with van der Waals surface area (Å²) in [5.74, 6) is -2.09. The van der Waals surface area contributed by atoms with Crippen LogP contribution in [0.4, 0.5) is 0 Å². The van der Waals surface area contributed by atoms with Crippen LogP contribution in [0.15, 0.2) is 0 Å². The zero-order valence-electron chi connectivity index (χ0n) is 9.59. The van der Waals surface area contributed by atoms with E-state index in [2.05, 4.69) is 0 Å². The van der Waals surface area contributed by atoms with Gasteiger partial charge >= 0.3 is 11.9 Å². The van der Waals surface area contributed by atoms with Crippen LogP contribution in [-0.2, 0) is 9.59 Å². The zero-order valence-corrected chi connectivity index (χ0v) is 9.59. The molecule has 0 aromatic heterocycles. The van der Waals surface area contributed by atoms with E-state index in [1.54, 1.807) is 0 Å². The predicted molar refractivity (Wildman–Crippen MR) is 57.2 cm³/mol. The normalized spacial score (nSPS) is 14.8. The van der Waals surface area contributed by atoms with Crippen molar-refractivity contribution < 1.29 is 24.9 Å². The summed E-state index contributed by atoms with van der Waals surface area (Å²) in [6.45, 7) is 3.29. The molecule has 0 aromatic rings. The molecule has 0 saturated carbocycles. The molecule has 6 nitrogen and oxygen atoms in total. The van der Waals surface area contributed by atoms with Crippen molar-refractivity contribution in [3.63, 3.8) is 0 Å². The molecule has 2 atom stereocenters. The molecule has 3 N–H and O–H groups in total. The summed E-state index contributed by atoms with van der Waals surface area (Å²) < 4.78 is 0. The number of hydrogen-bond acceptors (Lipinski definition) is 4. The largest absolute Gasteiger partial charge is 0.480 e. The molecular weight excluding hydrogens is 214 g/mol. The molecular formula is C10H19NO5. The van der Waals surface area contributed by atoms with Gasteiger partial charge in [-0.25, -0.2) is 0 Å². The first-order valence-corrected chi connectivity index (χ1v) is 5.24. The molecule has 0 aromatic carbocycles. The number of aliphatic hydroxyl groups excluding tert-OH is 1. The molecule has 6 heteroatoms. The van der Waals surface area contributed by atoms with E-state index in [9.17, 15) is 9.59 Å². The average molecular weight is 233 g/mol. The Balaban J connectivity index is 4.49. The first-order chi connectivity index (χ1) is 7.41. The summed E-state index contributed by atoms with van der Waals surface area (Å²) in [6, 6.07) is -1.69. The Morgan fingerprint density at radius 1 is 1.06 bits per heavy atom. The Morgan fingerprint density at radius 3 is 1.81 bits per heavy atom. The highest BCUT2D eigenvalue weighted by Gasteiger charge is 2.28. The van der Waals surface area contributed by atoms with Gasteiger partial charge in [-0.3, -0.25) is 14.5 Å². The van der Waals surface area contributed by atoms with Crippen LogP contribution < -0.4 is 0 Å². The molecule has 0 aliphatic heterocycles. The third kappa shape index (κ3) is 4.59. The predicted octanol–water partition coefficient (Wildman–Crippen LogP) is 0.00710. The van der Waals surface area contributed by atoms with Crippen molar-refractivity contribution in [3.05, 3.63) is 0 Å². The average Bonchev–Trinajstić information content (AvgIpc) is 2.22. The van der Waals surface area contributed by atoms with E-state index < -0.39 is 24.0 Å². The Labute approximate surface area is 94.5 Å². The van der Waals surface area contributed by atoms with E-state index >= 15 is 0 Å². The molecule has 16 heavy (non-hydrogen) atoms. The van der Waals surface area contributed by atoms with Crippen molar-refractivity contribution in [1.29, 1.82) is 0 Å². The quantitative estimate of drug-likeness (QED) is 0.511. The van der Waals surface area contributed by atoms with E-state index in [4.69, 9.17) is 15.3 Å². The summed E-state index contributed by atoms with van der Waals surface area (Å²) in [6.07, 6.45) is 1.11. The van der Waals surface area contributed by atoms with Crippen molar-refractivity contribution in [2.45, 2.75) is 38.8 Å². The van der Waals surface area contributed by atoms with Crippen LogP contribution in [0.3, 0.4) is 0 Å². The van der Waals surface area contributed by atoms with Crippen LogP contribution in [0.1, 0.15) is 26.7 Å². The standard InChI is InChI=1S/C10H19NO5/c1-7(9(13)14)11(5-3-4-6-12)8(2)10(15)16/h7-8,12H,3-6H2,1-2H3,(H,13,14)(H,15,16). The Bertz CT molecular complexity index is 223. The van der Waals surface area contributed by atoms with Crippen LogP contribution >= 0.6 is 0 Å². The second-order valence-electron chi connectivity index (χ2n) is 3.70. The highest BCUT2D eigenvalue weighted by molar-refractivity contribution is 5.76. The Kier molecular flexibility index (Phi) is 6.67. The molecule has 0 bridgehead atoms. The number of carboxylic acids is 2. The lowest BCUT2D eigenvalue weighted by Crippen LogP contribution is -2.48. The molecule has 0 aliphatic carbocycles. The number of carboxylic acid groups (broad SMARTS) is 2. The van der Waals surface area contributed by atoms with E-state index in [1.165, 1.54) is 18.7 Å². The van der Waals surface area contributed by atoms with Gasteiger partial charge in [-0.05, 0) is 33.2 Å². The third-order valence-corrected chi connectivity index (χ3v) is 2.53. The van der Waals surface area contributed by atoms with Crippen LogP contribution in [0.2, 0.25) is 0 Å². The summed E-state index contributed by atoms with van der Waals surface area (Å²) >= 11 is 0. The topological polar surface area (TPSA) is 98.1 Å². The van der Waals surface area contributed by atoms with Crippen molar-refractivity contribution in [1.82, 2.24) is 4.90 Å². The monoisotopic (exact) mass is 233 g/mol. The molecule has 0 aliphatic rings. The SMILES string of the molecule is CC(C(=O)O)N(CCCCO)C(C)C(=O)O. The third-order valence-electron chi connectivity index (χ3n) is 2.53. The van der Waals surface area contributed by atoms with Crippen LogP contribution in [0.5, 0.6) is 0 Å². The maximum Gasteiger partial charge on any atom is 0.320 e. The lowest BCUT2D eigenvalue weighted by molar-refractivity contribution is -0.149. The highest BCUT2D eigenvalue weighted by atomic mass is 16.4. The van der Waals surface area contributed by atoms with Gasteiger partial charge in [-0.15, -0.1) is 0 Å². The van der Waals surface area contributed by atoms with Gasteiger partial charge in [0.2, 0.25) is 0 Å². The number of nitrogens with zero attached hydrogens (tertiary/aromatic N) is 1. The maximum atomic E-state index is 10.8. The van der Waals surface area contributed by atoms with Crippen LogP contribution in [0.25, 0.3) is 0 Å². The van der Waals surface area contributed by atoms with E-state index in [-0.39, 0.29) is 6.61 Å². The summed E-state index contributed by atoms with van der Waals surface area (Å²) in [7, 11) is 0. The lowest BCUT2D eigenvalue weighted by atomic mass is 10.1. The highest BCUT2D eigenvalue weighted by Crippen LogP contribution is 2.08. The van der Waals surface area contributed by atoms with Gasteiger partial charge in [-0.2, -0.15) is 0 Å². The summed E-state index contributed by atoms with van der Waals surface area (Å²) in [5.41, 5.74) is 0. The number of aliphatic carboxylic acids is 2. The minimum absolute atomic E-state index is 0.0245. The van der Waals surface area contributed by atoms with Gasteiger partial charge in [0.05, 0.1) is 0 Å². The second-order valence-corrected chi connectivity index (χ2v) is 3.70. The van der Waals surface area contributed by atoms with E-state index in [0.29, 0.717) is 19.4 Å². The van der Waals surface area contributed by atoms with Crippen molar-refractivity contribution in [3.8, 4) is 0 Å². The number of hydrogen-bond donors (Lipinski definition) is 3. The molecule has 0 spiro atoms. The minimum atomic E-state index is -1.04. The molecule has 0 heterocycles. The van der Waals surface area contributed by atoms with E-state index in [1.807, 2.05) is 0 Å². The number of rotatable bonds is 8.